The summed E-state index contributed by atoms with van der Waals surface area (Å²) < 4.78 is 10.4. The van der Waals surface area contributed by atoms with E-state index in [0.717, 1.165) is 11.4 Å². The minimum atomic E-state index is -0.194. The first-order chi connectivity index (χ1) is 10.6. The van der Waals surface area contributed by atoms with Gasteiger partial charge in [0, 0.05) is 32.2 Å². The number of nitrogens with zero attached hydrogens (tertiary/aromatic N) is 2. The van der Waals surface area contributed by atoms with Gasteiger partial charge in [0.1, 0.15) is 12.4 Å². The SMILES string of the molecule is COCCOc1ccc(N(C)C(=O)c2ccncc2Cl)cc1. The molecule has 0 aliphatic heterocycles. The Labute approximate surface area is 134 Å². The lowest BCUT2D eigenvalue weighted by Gasteiger charge is -2.18. The van der Waals surface area contributed by atoms with Gasteiger partial charge in [-0.3, -0.25) is 9.78 Å². The summed E-state index contributed by atoms with van der Waals surface area (Å²) >= 11 is 6.00. The molecule has 1 amide bonds. The van der Waals surface area contributed by atoms with Gasteiger partial charge in [0.15, 0.2) is 0 Å². The predicted octanol–water partition coefficient (Wildman–Crippen LogP) is 3.04. The highest BCUT2D eigenvalue weighted by molar-refractivity contribution is 6.34. The van der Waals surface area contributed by atoms with Crippen molar-refractivity contribution in [3.8, 4) is 5.75 Å². The lowest BCUT2D eigenvalue weighted by Crippen LogP contribution is -2.26. The van der Waals surface area contributed by atoms with E-state index in [1.165, 1.54) is 11.1 Å². The molecule has 0 bridgehead atoms. The Hall–Kier alpha value is -2.11. The first-order valence-corrected chi connectivity index (χ1v) is 7.10. The van der Waals surface area contributed by atoms with Crippen molar-refractivity contribution in [2.45, 2.75) is 0 Å². The van der Waals surface area contributed by atoms with Gasteiger partial charge in [-0.25, -0.2) is 0 Å². The van der Waals surface area contributed by atoms with Crippen molar-refractivity contribution < 1.29 is 14.3 Å². The number of ether oxygens (including phenoxy) is 2. The fraction of sp³-hybridized carbons (Fsp3) is 0.250. The van der Waals surface area contributed by atoms with Crippen LogP contribution in [0.5, 0.6) is 5.75 Å². The van der Waals surface area contributed by atoms with E-state index >= 15 is 0 Å². The largest absolute Gasteiger partial charge is 0.491 e. The molecule has 116 valence electrons. The monoisotopic (exact) mass is 320 g/mol. The van der Waals surface area contributed by atoms with E-state index in [-0.39, 0.29) is 5.91 Å². The minimum Gasteiger partial charge on any atom is -0.491 e. The van der Waals surface area contributed by atoms with Crippen LogP contribution in [0.4, 0.5) is 5.69 Å². The maximum absolute atomic E-state index is 12.4. The van der Waals surface area contributed by atoms with Gasteiger partial charge < -0.3 is 14.4 Å². The number of hydrogen-bond donors (Lipinski definition) is 0. The lowest BCUT2D eigenvalue weighted by molar-refractivity contribution is 0.0993. The first kappa shape index (κ1) is 16.3. The number of rotatable bonds is 6. The zero-order chi connectivity index (χ0) is 15.9. The second-order valence-corrected chi connectivity index (χ2v) is 4.96. The summed E-state index contributed by atoms with van der Waals surface area (Å²) in [6, 6.07) is 8.85. The minimum absolute atomic E-state index is 0.194. The van der Waals surface area contributed by atoms with E-state index in [1.807, 2.05) is 24.3 Å². The number of benzene rings is 1. The van der Waals surface area contributed by atoms with Crippen molar-refractivity contribution in [2.75, 3.05) is 32.3 Å². The molecule has 0 spiro atoms. The van der Waals surface area contributed by atoms with Crippen LogP contribution in [0.3, 0.4) is 0 Å². The Morgan fingerprint density at radius 2 is 1.95 bits per heavy atom. The molecule has 1 heterocycles. The molecular weight excluding hydrogens is 304 g/mol. The molecule has 0 saturated carbocycles. The maximum atomic E-state index is 12.4. The molecule has 0 unspecified atom stereocenters. The number of aromatic nitrogens is 1. The average Bonchev–Trinajstić information content (AvgIpc) is 2.55. The van der Waals surface area contributed by atoms with Crippen LogP contribution in [0.2, 0.25) is 5.02 Å². The van der Waals surface area contributed by atoms with E-state index in [9.17, 15) is 4.79 Å². The summed E-state index contributed by atoms with van der Waals surface area (Å²) in [5, 5.41) is 0.332. The molecule has 1 aromatic carbocycles. The van der Waals surface area contributed by atoms with E-state index in [1.54, 1.807) is 26.4 Å². The lowest BCUT2D eigenvalue weighted by atomic mass is 10.2. The van der Waals surface area contributed by atoms with Crippen LogP contribution in [-0.2, 0) is 4.74 Å². The van der Waals surface area contributed by atoms with Gasteiger partial charge in [0.2, 0.25) is 0 Å². The number of amides is 1. The van der Waals surface area contributed by atoms with Crippen molar-refractivity contribution in [3.05, 3.63) is 53.3 Å². The van der Waals surface area contributed by atoms with Gasteiger partial charge in [-0.1, -0.05) is 11.6 Å². The van der Waals surface area contributed by atoms with Gasteiger partial charge in [-0.05, 0) is 30.3 Å². The van der Waals surface area contributed by atoms with Crippen molar-refractivity contribution in [3.63, 3.8) is 0 Å². The fourth-order valence-corrected chi connectivity index (χ4v) is 2.06. The Morgan fingerprint density at radius 1 is 1.23 bits per heavy atom. The second-order valence-electron chi connectivity index (χ2n) is 4.55. The summed E-state index contributed by atoms with van der Waals surface area (Å²) in [6.45, 7) is 1.01. The van der Waals surface area contributed by atoms with Crippen LogP contribution in [-0.4, -0.2) is 38.3 Å². The number of methoxy groups -OCH3 is 1. The van der Waals surface area contributed by atoms with Crippen LogP contribution in [0.25, 0.3) is 0 Å². The highest BCUT2D eigenvalue weighted by atomic mass is 35.5. The van der Waals surface area contributed by atoms with Gasteiger partial charge in [-0.2, -0.15) is 0 Å². The van der Waals surface area contributed by atoms with Crippen LogP contribution >= 0.6 is 11.6 Å². The smallest absolute Gasteiger partial charge is 0.259 e. The van der Waals surface area contributed by atoms with E-state index in [4.69, 9.17) is 21.1 Å². The number of anilines is 1. The van der Waals surface area contributed by atoms with E-state index in [0.29, 0.717) is 23.8 Å². The third kappa shape index (κ3) is 3.96. The summed E-state index contributed by atoms with van der Waals surface area (Å²) in [7, 11) is 3.32. The Balaban J connectivity index is 2.08. The first-order valence-electron chi connectivity index (χ1n) is 6.73. The highest BCUT2D eigenvalue weighted by Gasteiger charge is 2.16. The third-order valence-electron chi connectivity index (χ3n) is 3.09. The van der Waals surface area contributed by atoms with E-state index < -0.39 is 0 Å². The number of pyridine rings is 1. The van der Waals surface area contributed by atoms with Gasteiger partial charge >= 0.3 is 0 Å². The molecule has 2 rings (SSSR count). The van der Waals surface area contributed by atoms with Crippen molar-refractivity contribution in [1.82, 2.24) is 4.98 Å². The quantitative estimate of drug-likeness (QED) is 0.768. The highest BCUT2D eigenvalue weighted by Crippen LogP contribution is 2.22. The molecule has 6 heteroatoms. The molecule has 0 aliphatic rings. The van der Waals surface area contributed by atoms with Crippen molar-refractivity contribution >= 4 is 23.2 Å². The zero-order valence-electron chi connectivity index (χ0n) is 12.5. The summed E-state index contributed by atoms with van der Waals surface area (Å²) in [5.74, 6) is 0.532. The number of hydrogen-bond acceptors (Lipinski definition) is 4. The molecule has 0 N–H and O–H groups in total. The molecule has 0 radical (unpaired) electrons. The number of carbonyl (C=O) groups excluding carboxylic acids is 1. The number of carbonyl (C=O) groups is 1. The summed E-state index contributed by atoms with van der Waals surface area (Å²) in [4.78, 5) is 17.8. The zero-order valence-corrected chi connectivity index (χ0v) is 13.2. The summed E-state index contributed by atoms with van der Waals surface area (Å²) in [6.07, 6.45) is 3.00. The molecule has 2 aromatic rings. The molecule has 0 saturated heterocycles. The molecule has 0 aliphatic carbocycles. The van der Waals surface area contributed by atoms with Crippen molar-refractivity contribution in [2.24, 2.45) is 0 Å². The van der Waals surface area contributed by atoms with E-state index in [2.05, 4.69) is 4.98 Å². The summed E-state index contributed by atoms with van der Waals surface area (Å²) in [5.41, 5.74) is 1.16. The molecule has 1 aromatic heterocycles. The van der Waals surface area contributed by atoms with Crippen molar-refractivity contribution in [1.29, 1.82) is 0 Å². The van der Waals surface area contributed by atoms with Crippen LogP contribution in [0.15, 0.2) is 42.7 Å². The molecule has 0 atom stereocenters. The molecule has 0 fully saturated rings. The molecule has 22 heavy (non-hydrogen) atoms. The van der Waals surface area contributed by atoms with Gasteiger partial charge in [0.25, 0.3) is 5.91 Å². The second kappa shape index (κ2) is 7.77. The average molecular weight is 321 g/mol. The Morgan fingerprint density at radius 3 is 2.59 bits per heavy atom. The standard InChI is InChI=1S/C16H17ClN2O3/c1-19(16(20)14-7-8-18-11-15(14)17)12-3-5-13(6-4-12)22-10-9-21-2/h3-8,11H,9-10H2,1-2H3. The normalized spacial score (nSPS) is 10.3. The van der Waals surface area contributed by atoms with Gasteiger partial charge in [-0.15, -0.1) is 0 Å². The maximum Gasteiger partial charge on any atom is 0.259 e. The Bertz CT molecular complexity index is 632. The van der Waals surface area contributed by atoms with Gasteiger partial charge in [0.05, 0.1) is 17.2 Å². The molecular formula is C16H17ClN2O3. The van der Waals surface area contributed by atoms with Crippen LogP contribution < -0.4 is 9.64 Å². The van der Waals surface area contributed by atoms with Crippen LogP contribution in [0.1, 0.15) is 10.4 Å². The predicted molar refractivity (Wildman–Crippen MR) is 85.8 cm³/mol. The number of halogens is 1. The molecule has 5 nitrogen and oxygen atoms in total. The van der Waals surface area contributed by atoms with Crippen LogP contribution in [0, 0.1) is 0 Å². The Kier molecular flexibility index (Phi) is 5.75. The fourth-order valence-electron chi connectivity index (χ4n) is 1.86. The topological polar surface area (TPSA) is 51.7 Å². The third-order valence-corrected chi connectivity index (χ3v) is 3.39.